The highest BCUT2D eigenvalue weighted by Crippen LogP contribution is 2.22. The van der Waals surface area contributed by atoms with Crippen molar-refractivity contribution in [1.29, 1.82) is 0 Å². The topological polar surface area (TPSA) is 66.9 Å². The number of hydrogen-bond donors (Lipinski definition) is 2. The van der Waals surface area contributed by atoms with Gasteiger partial charge in [0.15, 0.2) is 0 Å². The Labute approximate surface area is 186 Å². The smallest absolute Gasteiger partial charge is 0.251 e. The average Bonchev–Trinajstić information content (AvgIpc) is 2.79. The van der Waals surface area contributed by atoms with Crippen LogP contribution in [-0.4, -0.2) is 15.9 Å². The zero-order chi connectivity index (χ0) is 21.6. The number of nitrogens with zero attached hydrogens (tertiary/aromatic N) is 2. The highest BCUT2D eigenvalue weighted by molar-refractivity contribution is 6.30. The number of aryl methyl sites for hydroxylation is 1. The number of aromatic nitrogens is 2. The number of hydrogen-bond acceptors (Lipinski definition) is 4. The second-order valence-electron chi connectivity index (χ2n) is 7.07. The third kappa shape index (κ3) is 5.47. The summed E-state index contributed by atoms with van der Waals surface area (Å²) >= 11 is 5.91. The second kappa shape index (κ2) is 9.41. The van der Waals surface area contributed by atoms with Crippen molar-refractivity contribution >= 4 is 29.0 Å². The summed E-state index contributed by atoms with van der Waals surface area (Å²) in [7, 11) is 0. The molecule has 0 atom stereocenters. The van der Waals surface area contributed by atoms with Crippen molar-refractivity contribution in [2.24, 2.45) is 0 Å². The molecule has 0 aliphatic rings. The Morgan fingerprint density at radius 2 is 1.68 bits per heavy atom. The molecule has 154 valence electrons. The lowest BCUT2D eigenvalue weighted by atomic mass is 10.1. The lowest BCUT2D eigenvalue weighted by Crippen LogP contribution is -2.22. The molecule has 0 saturated carbocycles. The van der Waals surface area contributed by atoms with Crippen LogP contribution in [0.2, 0.25) is 5.02 Å². The molecule has 0 unspecified atom stereocenters. The molecule has 2 N–H and O–H groups in total. The Morgan fingerprint density at radius 3 is 2.45 bits per heavy atom. The Kier molecular flexibility index (Phi) is 6.24. The highest BCUT2D eigenvalue weighted by atomic mass is 35.5. The fraction of sp³-hybridized carbons (Fsp3) is 0.0800. The van der Waals surface area contributed by atoms with E-state index < -0.39 is 0 Å². The van der Waals surface area contributed by atoms with Gasteiger partial charge in [0.05, 0.1) is 5.69 Å². The minimum absolute atomic E-state index is 0.151. The van der Waals surface area contributed by atoms with E-state index in [4.69, 9.17) is 11.6 Å². The number of anilines is 2. The van der Waals surface area contributed by atoms with Crippen molar-refractivity contribution < 1.29 is 4.79 Å². The first kappa shape index (κ1) is 20.6. The van der Waals surface area contributed by atoms with E-state index in [1.54, 1.807) is 24.3 Å². The highest BCUT2D eigenvalue weighted by Gasteiger charge is 2.08. The van der Waals surface area contributed by atoms with Crippen LogP contribution in [0.5, 0.6) is 0 Å². The molecule has 1 aromatic heterocycles. The Hall–Kier alpha value is -3.70. The van der Waals surface area contributed by atoms with Gasteiger partial charge in [0.2, 0.25) is 0 Å². The molecule has 0 bridgehead atoms. The van der Waals surface area contributed by atoms with E-state index in [1.807, 2.05) is 67.6 Å². The lowest BCUT2D eigenvalue weighted by molar-refractivity contribution is 0.0951. The molecule has 0 fully saturated rings. The fourth-order valence-electron chi connectivity index (χ4n) is 3.16. The standard InChI is InChI=1S/C25H21ClN4O/c1-17-28-23(19-6-3-2-4-7-19)15-24(29-17)30-22-9-5-8-20(14-22)25(31)27-16-18-10-12-21(26)13-11-18/h2-15H,16H2,1H3,(H,27,31)(H,28,29,30). The van der Waals surface area contributed by atoms with Gasteiger partial charge < -0.3 is 10.6 Å². The molecule has 0 spiro atoms. The summed E-state index contributed by atoms with van der Waals surface area (Å²) in [5.41, 5.74) is 4.18. The minimum atomic E-state index is -0.151. The monoisotopic (exact) mass is 428 g/mol. The van der Waals surface area contributed by atoms with Gasteiger partial charge in [-0.25, -0.2) is 9.97 Å². The molecule has 0 aliphatic heterocycles. The molecule has 0 saturated heterocycles. The molecule has 5 nitrogen and oxygen atoms in total. The number of halogens is 1. The van der Waals surface area contributed by atoms with Crippen LogP contribution in [0.4, 0.5) is 11.5 Å². The maximum Gasteiger partial charge on any atom is 0.251 e. The first-order valence-corrected chi connectivity index (χ1v) is 10.3. The predicted octanol–water partition coefficient (Wildman–Crippen LogP) is 5.78. The summed E-state index contributed by atoms with van der Waals surface area (Å²) < 4.78 is 0. The summed E-state index contributed by atoms with van der Waals surface area (Å²) in [5, 5.41) is 6.89. The van der Waals surface area contributed by atoms with Crippen LogP contribution in [0.3, 0.4) is 0 Å². The quantitative estimate of drug-likeness (QED) is 0.408. The normalized spacial score (nSPS) is 10.5. The van der Waals surface area contributed by atoms with Crippen LogP contribution < -0.4 is 10.6 Å². The summed E-state index contributed by atoms with van der Waals surface area (Å²) in [6, 6.07) is 26.6. The third-order valence-corrected chi connectivity index (χ3v) is 4.92. The molecular weight excluding hydrogens is 408 g/mol. The van der Waals surface area contributed by atoms with Crippen LogP contribution in [-0.2, 0) is 6.54 Å². The SMILES string of the molecule is Cc1nc(Nc2cccc(C(=O)NCc3ccc(Cl)cc3)c2)cc(-c2ccccc2)n1. The summed E-state index contributed by atoms with van der Waals surface area (Å²) in [4.78, 5) is 21.6. The molecule has 1 heterocycles. The van der Waals surface area contributed by atoms with E-state index in [9.17, 15) is 4.79 Å². The lowest BCUT2D eigenvalue weighted by Gasteiger charge is -2.11. The molecule has 31 heavy (non-hydrogen) atoms. The van der Waals surface area contributed by atoms with Gasteiger partial charge in [0.25, 0.3) is 5.91 Å². The van der Waals surface area contributed by atoms with Crippen molar-refractivity contribution in [3.63, 3.8) is 0 Å². The van der Waals surface area contributed by atoms with Crippen LogP contribution in [0.15, 0.2) is 84.9 Å². The first-order chi connectivity index (χ1) is 15.1. The molecule has 0 radical (unpaired) electrons. The van der Waals surface area contributed by atoms with E-state index >= 15 is 0 Å². The molecule has 1 amide bonds. The Morgan fingerprint density at radius 1 is 0.903 bits per heavy atom. The van der Waals surface area contributed by atoms with Gasteiger partial charge >= 0.3 is 0 Å². The van der Waals surface area contributed by atoms with Crippen molar-refractivity contribution in [3.05, 3.63) is 107 Å². The molecular formula is C25H21ClN4O. The van der Waals surface area contributed by atoms with Gasteiger partial charge in [-0.3, -0.25) is 4.79 Å². The van der Waals surface area contributed by atoms with E-state index in [1.165, 1.54) is 0 Å². The third-order valence-electron chi connectivity index (χ3n) is 4.67. The maximum atomic E-state index is 12.6. The average molecular weight is 429 g/mol. The fourth-order valence-corrected chi connectivity index (χ4v) is 3.29. The number of rotatable bonds is 6. The van der Waals surface area contributed by atoms with Crippen molar-refractivity contribution in [2.45, 2.75) is 13.5 Å². The number of amides is 1. The first-order valence-electron chi connectivity index (χ1n) is 9.88. The summed E-state index contributed by atoms with van der Waals surface area (Å²) in [6.45, 7) is 2.29. The van der Waals surface area contributed by atoms with Gasteiger partial charge in [-0.15, -0.1) is 0 Å². The van der Waals surface area contributed by atoms with Crippen LogP contribution in [0, 0.1) is 6.92 Å². The number of carbonyl (C=O) groups is 1. The van der Waals surface area contributed by atoms with E-state index in [0.717, 1.165) is 22.5 Å². The predicted molar refractivity (Wildman–Crippen MR) is 125 cm³/mol. The largest absolute Gasteiger partial charge is 0.348 e. The van der Waals surface area contributed by atoms with E-state index in [0.29, 0.717) is 28.8 Å². The molecule has 4 aromatic rings. The zero-order valence-electron chi connectivity index (χ0n) is 17.0. The van der Waals surface area contributed by atoms with E-state index in [-0.39, 0.29) is 5.91 Å². The van der Waals surface area contributed by atoms with Crippen molar-refractivity contribution in [3.8, 4) is 11.3 Å². The van der Waals surface area contributed by atoms with E-state index in [2.05, 4.69) is 20.6 Å². The molecule has 3 aromatic carbocycles. The van der Waals surface area contributed by atoms with Gasteiger partial charge in [0, 0.05) is 34.4 Å². The van der Waals surface area contributed by atoms with Crippen molar-refractivity contribution in [2.75, 3.05) is 5.32 Å². The van der Waals surface area contributed by atoms with Crippen LogP contribution in [0.25, 0.3) is 11.3 Å². The van der Waals surface area contributed by atoms with Gasteiger partial charge in [-0.05, 0) is 42.8 Å². The summed E-state index contributed by atoms with van der Waals surface area (Å²) in [5.74, 6) is 1.19. The van der Waals surface area contributed by atoms with Crippen LogP contribution >= 0.6 is 11.6 Å². The second-order valence-corrected chi connectivity index (χ2v) is 7.50. The molecule has 0 aliphatic carbocycles. The number of nitrogens with one attached hydrogen (secondary N) is 2. The van der Waals surface area contributed by atoms with Crippen molar-refractivity contribution in [1.82, 2.24) is 15.3 Å². The zero-order valence-corrected chi connectivity index (χ0v) is 17.7. The van der Waals surface area contributed by atoms with Gasteiger partial charge in [-0.1, -0.05) is 60.1 Å². The minimum Gasteiger partial charge on any atom is -0.348 e. The molecule has 4 rings (SSSR count). The Balaban J connectivity index is 1.48. The number of benzene rings is 3. The summed E-state index contributed by atoms with van der Waals surface area (Å²) in [6.07, 6.45) is 0. The molecule has 6 heteroatoms. The Bertz CT molecular complexity index is 1190. The van der Waals surface area contributed by atoms with Gasteiger partial charge in [0.1, 0.15) is 11.6 Å². The maximum absolute atomic E-state index is 12.6. The van der Waals surface area contributed by atoms with Gasteiger partial charge in [-0.2, -0.15) is 0 Å². The van der Waals surface area contributed by atoms with Crippen LogP contribution in [0.1, 0.15) is 21.7 Å². The number of carbonyl (C=O) groups excluding carboxylic acids is 1.